The number of hydrogen-bond donors (Lipinski definition) is 0. The summed E-state index contributed by atoms with van der Waals surface area (Å²) >= 11 is -2.01. The van der Waals surface area contributed by atoms with E-state index in [1.54, 1.807) is 12.1 Å². The third-order valence-electron chi connectivity index (χ3n) is 0.952. The predicted octanol–water partition coefficient (Wildman–Crippen LogP) is 3.81. The molecule has 0 saturated heterocycles. The Hall–Kier alpha value is 0.460. The molecular formula is C6H4Cl2FI. The first kappa shape index (κ1) is 8.56. The number of benzene rings is 1. The Balaban J connectivity index is 2.96. The van der Waals surface area contributed by atoms with Crippen molar-refractivity contribution in [2.75, 3.05) is 0 Å². The molecule has 0 N–H and O–H groups in total. The molecule has 4 heteroatoms. The summed E-state index contributed by atoms with van der Waals surface area (Å²) in [5.74, 6) is -0.277. The monoisotopic (exact) mass is 292 g/mol. The van der Waals surface area contributed by atoms with Gasteiger partial charge in [0.15, 0.2) is 0 Å². The molecule has 1 aromatic carbocycles. The van der Waals surface area contributed by atoms with E-state index in [0.29, 0.717) is 0 Å². The van der Waals surface area contributed by atoms with Gasteiger partial charge in [0.2, 0.25) is 0 Å². The third-order valence-corrected chi connectivity index (χ3v) is 4.78. The van der Waals surface area contributed by atoms with E-state index in [1.165, 1.54) is 12.1 Å². The molecule has 0 atom stereocenters. The molecule has 0 aromatic heterocycles. The van der Waals surface area contributed by atoms with Crippen LogP contribution in [-0.2, 0) is 0 Å². The van der Waals surface area contributed by atoms with Crippen LogP contribution >= 0.6 is 35.4 Å². The average molecular weight is 293 g/mol. The van der Waals surface area contributed by atoms with Crippen LogP contribution in [0.5, 0.6) is 0 Å². The van der Waals surface area contributed by atoms with Gasteiger partial charge in [-0.1, -0.05) is 0 Å². The second kappa shape index (κ2) is 3.74. The average Bonchev–Trinajstić information content (AvgIpc) is 1.88. The summed E-state index contributed by atoms with van der Waals surface area (Å²) in [4.78, 5) is 0. The zero-order valence-electron chi connectivity index (χ0n) is 4.82. The number of hydrogen-bond acceptors (Lipinski definition) is 0. The zero-order chi connectivity index (χ0) is 7.56. The van der Waals surface area contributed by atoms with Gasteiger partial charge in [-0.15, -0.1) is 0 Å². The maximum atomic E-state index is 12.4. The van der Waals surface area contributed by atoms with E-state index in [-0.39, 0.29) is 5.82 Å². The van der Waals surface area contributed by atoms with Crippen LogP contribution in [0.15, 0.2) is 24.3 Å². The first-order valence-electron chi connectivity index (χ1n) is 2.49. The summed E-state index contributed by atoms with van der Waals surface area (Å²) in [6, 6.07) is 6.11. The second-order valence-corrected chi connectivity index (χ2v) is 8.82. The molecule has 0 aliphatic rings. The van der Waals surface area contributed by atoms with E-state index in [4.69, 9.17) is 17.8 Å². The fraction of sp³-hybridized carbons (Fsp3) is 0. The maximum absolute atomic E-state index is 12.4. The van der Waals surface area contributed by atoms with Gasteiger partial charge < -0.3 is 0 Å². The normalized spacial score (nSPS) is 11.3. The third kappa shape index (κ3) is 2.25. The van der Waals surface area contributed by atoms with Crippen molar-refractivity contribution in [3.05, 3.63) is 33.7 Å². The van der Waals surface area contributed by atoms with E-state index >= 15 is 0 Å². The van der Waals surface area contributed by atoms with Crippen molar-refractivity contribution >= 4 is 35.4 Å². The molecule has 0 unspecified atom stereocenters. The van der Waals surface area contributed by atoms with E-state index in [9.17, 15) is 4.39 Å². The van der Waals surface area contributed by atoms with Crippen molar-refractivity contribution < 1.29 is 4.39 Å². The Morgan fingerprint density at radius 3 is 2.40 bits per heavy atom. The summed E-state index contributed by atoms with van der Waals surface area (Å²) in [5.41, 5.74) is 0. The fourth-order valence-electron chi connectivity index (χ4n) is 0.549. The van der Waals surface area contributed by atoms with Gasteiger partial charge in [0.05, 0.1) is 0 Å². The van der Waals surface area contributed by atoms with Gasteiger partial charge in [-0.05, 0) is 0 Å². The standard InChI is InChI=1S/C6H4Cl2FI/c7-10(8)6-3-1-2-5(9)4-6/h1-4H. The summed E-state index contributed by atoms with van der Waals surface area (Å²) in [6.07, 6.45) is 0. The van der Waals surface area contributed by atoms with Crippen molar-refractivity contribution in [1.29, 1.82) is 0 Å². The van der Waals surface area contributed by atoms with Gasteiger partial charge in [-0.25, -0.2) is 0 Å². The molecule has 0 saturated carbocycles. The topological polar surface area (TPSA) is 0 Å². The molecule has 0 aliphatic heterocycles. The molecule has 1 rings (SSSR count). The minimum atomic E-state index is -2.01. The van der Waals surface area contributed by atoms with Gasteiger partial charge >= 0.3 is 73.4 Å². The molecule has 0 radical (unpaired) electrons. The predicted molar refractivity (Wildman–Crippen MR) is 50.8 cm³/mol. The summed E-state index contributed by atoms with van der Waals surface area (Å²) < 4.78 is 13.2. The molecule has 0 bridgehead atoms. The Morgan fingerprint density at radius 2 is 2.00 bits per heavy atom. The van der Waals surface area contributed by atoms with Gasteiger partial charge in [-0.3, -0.25) is 0 Å². The van der Waals surface area contributed by atoms with Crippen LogP contribution in [0.4, 0.5) is 4.39 Å². The van der Waals surface area contributed by atoms with E-state index in [2.05, 4.69) is 0 Å². The molecule has 1 aromatic rings. The van der Waals surface area contributed by atoms with Crippen LogP contribution in [0.3, 0.4) is 0 Å². The van der Waals surface area contributed by atoms with E-state index < -0.39 is 17.6 Å². The Morgan fingerprint density at radius 1 is 1.30 bits per heavy atom. The van der Waals surface area contributed by atoms with Crippen LogP contribution in [0.1, 0.15) is 0 Å². The molecule has 0 nitrogen and oxygen atoms in total. The van der Waals surface area contributed by atoms with Gasteiger partial charge in [-0.2, -0.15) is 0 Å². The van der Waals surface area contributed by atoms with Gasteiger partial charge in [0.1, 0.15) is 0 Å². The number of rotatable bonds is 1. The quantitative estimate of drug-likeness (QED) is 0.691. The molecule has 56 valence electrons. The Labute approximate surface area is 73.1 Å². The van der Waals surface area contributed by atoms with Crippen LogP contribution in [0.25, 0.3) is 0 Å². The molecule has 0 spiro atoms. The van der Waals surface area contributed by atoms with Gasteiger partial charge in [0, 0.05) is 0 Å². The second-order valence-electron chi connectivity index (χ2n) is 1.64. The first-order valence-corrected chi connectivity index (χ1v) is 9.03. The fourth-order valence-corrected chi connectivity index (χ4v) is 2.75. The Kier molecular flexibility index (Phi) is 3.20. The molecule has 0 fully saturated rings. The van der Waals surface area contributed by atoms with Gasteiger partial charge in [0.25, 0.3) is 0 Å². The summed E-state index contributed by atoms with van der Waals surface area (Å²) in [7, 11) is 11.3. The van der Waals surface area contributed by atoms with Crippen LogP contribution in [-0.4, -0.2) is 0 Å². The molecule has 0 aliphatic carbocycles. The summed E-state index contributed by atoms with van der Waals surface area (Å²) in [5, 5.41) is 0. The van der Waals surface area contributed by atoms with Crippen molar-refractivity contribution in [2.45, 2.75) is 0 Å². The van der Waals surface area contributed by atoms with Crippen LogP contribution < -0.4 is 0 Å². The van der Waals surface area contributed by atoms with Crippen molar-refractivity contribution in [3.63, 3.8) is 0 Å². The molecular weight excluding hydrogens is 289 g/mol. The molecule has 10 heavy (non-hydrogen) atoms. The van der Waals surface area contributed by atoms with Crippen LogP contribution in [0, 0.1) is 9.39 Å². The van der Waals surface area contributed by atoms with Crippen LogP contribution in [0.2, 0.25) is 0 Å². The van der Waals surface area contributed by atoms with E-state index in [0.717, 1.165) is 3.57 Å². The van der Waals surface area contributed by atoms with Crippen molar-refractivity contribution in [3.8, 4) is 0 Å². The molecule has 0 amide bonds. The molecule has 0 heterocycles. The number of halogens is 4. The van der Waals surface area contributed by atoms with Crippen molar-refractivity contribution in [1.82, 2.24) is 0 Å². The zero-order valence-corrected chi connectivity index (χ0v) is 8.49. The Bertz CT molecular complexity index is 227. The van der Waals surface area contributed by atoms with Crippen molar-refractivity contribution in [2.24, 2.45) is 0 Å². The SMILES string of the molecule is Fc1cccc(I(Cl)Cl)c1. The van der Waals surface area contributed by atoms with E-state index in [1.807, 2.05) is 0 Å². The first-order chi connectivity index (χ1) is 4.70. The minimum absolute atomic E-state index is 0.277. The summed E-state index contributed by atoms with van der Waals surface area (Å²) in [6.45, 7) is 0.